The van der Waals surface area contributed by atoms with Crippen LogP contribution in [-0.4, -0.2) is 25.3 Å². The van der Waals surface area contributed by atoms with E-state index in [0.29, 0.717) is 0 Å². The van der Waals surface area contributed by atoms with E-state index in [4.69, 9.17) is 0 Å². The summed E-state index contributed by atoms with van der Waals surface area (Å²) in [7, 11) is 4.02. The molecule has 0 heterocycles. The molecule has 1 N–H and O–H groups in total. The monoisotopic (exact) mass is 245 g/mol. The normalized spacial score (nSPS) is 11.6. The largest absolute Gasteiger partial charge is 0.380 e. The second-order valence-corrected chi connectivity index (χ2v) is 4.72. The Kier molecular flexibility index (Phi) is 6.32. The van der Waals surface area contributed by atoms with Crippen LogP contribution in [0.1, 0.15) is 38.2 Å². The second-order valence-electron chi connectivity index (χ2n) is 4.72. The Balaban J connectivity index is 2.51. The van der Waals surface area contributed by atoms with Gasteiger partial charge in [-0.1, -0.05) is 31.6 Å². The number of aliphatic hydroxyl groups is 1. The van der Waals surface area contributed by atoms with Crippen LogP contribution >= 0.6 is 0 Å². The summed E-state index contributed by atoms with van der Waals surface area (Å²) in [5, 5.41) is 9.70. The van der Waals surface area contributed by atoms with Crippen molar-refractivity contribution in [3.8, 4) is 11.8 Å². The van der Waals surface area contributed by atoms with Gasteiger partial charge in [-0.3, -0.25) is 0 Å². The first-order chi connectivity index (χ1) is 8.63. The first-order valence-electron chi connectivity index (χ1n) is 6.60. The van der Waals surface area contributed by atoms with Gasteiger partial charge in [-0.05, 0) is 37.1 Å². The van der Waals surface area contributed by atoms with Gasteiger partial charge in [0.15, 0.2) is 0 Å². The van der Waals surface area contributed by atoms with E-state index < -0.39 is 6.10 Å². The Hall–Kier alpha value is -1.46. The van der Waals surface area contributed by atoms with Gasteiger partial charge >= 0.3 is 0 Å². The summed E-state index contributed by atoms with van der Waals surface area (Å²) >= 11 is 0. The molecule has 2 heteroatoms. The molecular formula is C16H23NO. The van der Waals surface area contributed by atoms with Gasteiger partial charge in [-0.2, -0.15) is 0 Å². The van der Waals surface area contributed by atoms with Gasteiger partial charge in [0.1, 0.15) is 6.10 Å². The van der Waals surface area contributed by atoms with Crippen LogP contribution in [0.2, 0.25) is 0 Å². The number of anilines is 1. The van der Waals surface area contributed by atoms with Crippen molar-refractivity contribution in [1.29, 1.82) is 0 Å². The fourth-order valence-electron chi connectivity index (χ4n) is 1.67. The Bertz CT molecular complexity index is 397. The molecule has 1 atom stereocenters. The standard InChI is InChI=1S/C16H23NO/c1-4-5-6-7-16(18)13-10-14-8-11-15(12-9-14)17(2)3/h8-9,11-12,16,18H,4-7H2,1-3H3. The van der Waals surface area contributed by atoms with E-state index in [9.17, 15) is 5.11 Å². The van der Waals surface area contributed by atoms with Gasteiger partial charge in [-0.15, -0.1) is 0 Å². The van der Waals surface area contributed by atoms with E-state index in [2.05, 4.69) is 23.7 Å². The van der Waals surface area contributed by atoms with Crippen LogP contribution in [-0.2, 0) is 0 Å². The van der Waals surface area contributed by atoms with E-state index in [1.165, 1.54) is 6.42 Å². The fraction of sp³-hybridized carbons (Fsp3) is 0.500. The molecule has 0 saturated carbocycles. The lowest BCUT2D eigenvalue weighted by Gasteiger charge is -2.11. The van der Waals surface area contributed by atoms with Gasteiger partial charge in [0, 0.05) is 25.3 Å². The average Bonchev–Trinajstić information content (AvgIpc) is 2.37. The number of aliphatic hydroxyl groups excluding tert-OH is 1. The lowest BCUT2D eigenvalue weighted by molar-refractivity contribution is 0.217. The second kappa shape index (κ2) is 7.79. The lowest BCUT2D eigenvalue weighted by Crippen LogP contribution is -2.08. The SMILES string of the molecule is CCCCCC(O)C#Cc1ccc(N(C)C)cc1. The topological polar surface area (TPSA) is 23.5 Å². The highest BCUT2D eigenvalue weighted by Crippen LogP contribution is 2.11. The first-order valence-corrected chi connectivity index (χ1v) is 6.60. The van der Waals surface area contributed by atoms with Crippen LogP contribution < -0.4 is 4.90 Å². The molecular weight excluding hydrogens is 222 g/mol. The van der Waals surface area contributed by atoms with E-state index in [0.717, 1.165) is 30.5 Å². The maximum atomic E-state index is 9.70. The molecule has 1 unspecified atom stereocenters. The molecule has 0 radical (unpaired) electrons. The van der Waals surface area contributed by atoms with Gasteiger partial charge < -0.3 is 10.0 Å². The number of hydrogen-bond donors (Lipinski definition) is 1. The van der Waals surface area contributed by atoms with Crippen LogP contribution in [0.4, 0.5) is 5.69 Å². The van der Waals surface area contributed by atoms with Crippen molar-refractivity contribution >= 4 is 5.69 Å². The van der Waals surface area contributed by atoms with Crippen molar-refractivity contribution in [2.24, 2.45) is 0 Å². The number of hydrogen-bond acceptors (Lipinski definition) is 2. The van der Waals surface area contributed by atoms with Crippen molar-refractivity contribution in [2.45, 2.75) is 38.7 Å². The molecule has 0 fully saturated rings. The first kappa shape index (κ1) is 14.6. The molecule has 1 rings (SSSR count). The van der Waals surface area contributed by atoms with Crippen molar-refractivity contribution < 1.29 is 5.11 Å². The minimum absolute atomic E-state index is 0.495. The Labute approximate surface area is 111 Å². The summed E-state index contributed by atoms with van der Waals surface area (Å²) in [6.45, 7) is 2.16. The molecule has 0 bridgehead atoms. The summed E-state index contributed by atoms with van der Waals surface area (Å²) in [6.07, 6.45) is 3.66. The fourth-order valence-corrected chi connectivity index (χ4v) is 1.67. The molecule has 1 aromatic carbocycles. The molecule has 0 aromatic heterocycles. The average molecular weight is 245 g/mol. The van der Waals surface area contributed by atoms with Gasteiger partial charge in [0.2, 0.25) is 0 Å². The van der Waals surface area contributed by atoms with Crippen molar-refractivity contribution in [3.63, 3.8) is 0 Å². The third kappa shape index (κ3) is 5.25. The highest BCUT2D eigenvalue weighted by molar-refractivity contribution is 5.49. The van der Waals surface area contributed by atoms with E-state index >= 15 is 0 Å². The van der Waals surface area contributed by atoms with Crippen molar-refractivity contribution in [3.05, 3.63) is 29.8 Å². The van der Waals surface area contributed by atoms with Gasteiger partial charge in [-0.25, -0.2) is 0 Å². The number of benzene rings is 1. The van der Waals surface area contributed by atoms with Crippen LogP contribution in [0.3, 0.4) is 0 Å². The molecule has 98 valence electrons. The van der Waals surface area contributed by atoms with Crippen LogP contribution in [0.25, 0.3) is 0 Å². The molecule has 18 heavy (non-hydrogen) atoms. The maximum Gasteiger partial charge on any atom is 0.115 e. The van der Waals surface area contributed by atoms with E-state index in [1.54, 1.807) is 0 Å². The molecule has 0 spiro atoms. The number of unbranched alkanes of at least 4 members (excludes halogenated alkanes) is 2. The zero-order valence-electron chi connectivity index (χ0n) is 11.6. The highest BCUT2D eigenvalue weighted by Gasteiger charge is 1.98. The zero-order valence-corrected chi connectivity index (χ0v) is 11.6. The lowest BCUT2D eigenvalue weighted by atomic mass is 10.1. The third-order valence-corrected chi connectivity index (χ3v) is 2.85. The molecule has 0 saturated heterocycles. The van der Waals surface area contributed by atoms with Crippen LogP contribution in [0.5, 0.6) is 0 Å². The third-order valence-electron chi connectivity index (χ3n) is 2.85. The molecule has 0 aliphatic heterocycles. The number of rotatable bonds is 5. The van der Waals surface area contributed by atoms with Gasteiger partial charge in [0.25, 0.3) is 0 Å². The summed E-state index contributed by atoms with van der Waals surface area (Å²) in [6, 6.07) is 8.04. The molecule has 0 aliphatic rings. The minimum Gasteiger partial charge on any atom is -0.380 e. The van der Waals surface area contributed by atoms with Crippen molar-refractivity contribution in [1.82, 2.24) is 0 Å². The number of nitrogens with zero attached hydrogens (tertiary/aromatic N) is 1. The molecule has 0 aliphatic carbocycles. The summed E-state index contributed by atoms with van der Waals surface area (Å²) in [5.41, 5.74) is 2.11. The van der Waals surface area contributed by atoms with Crippen LogP contribution in [0, 0.1) is 11.8 Å². The predicted octanol–water partition coefficient (Wildman–Crippen LogP) is 3.05. The van der Waals surface area contributed by atoms with Gasteiger partial charge in [0.05, 0.1) is 0 Å². The Morgan fingerprint density at radius 1 is 1.17 bits per heavy atom. The predicted molar refractivity (Wildman–Crippen MR) is 77.8 cm³/mol. The molecule has 2 nitrogen and oxygen atoms in total. The Morgan fingerprint density at radius 3 is 2.39 bits per heavy atom. The zero-order chi connectivity index (χ0) is 13.4. The van der Waals surface area contributed by atoms with Crippen LogP contribution in [0.15, 0.2) is 24.3 Å². The smallest absolute Gasteiger partial charge is 0.115 e. The summed E-state index contributed by atoms with van der Waals surface area (Å²) < 4.78 is 0. The van der Waals surface area contributed by atoms with E-state index in [-0.39, 0.29) is 0 Å². The summed E-state index contributed by atoms with van der Waals surface area (Å²) in [5.74, 6) is 5.92. The highest BCUT2D eigenvalue weighted by atomic mass is 16.3. The van der Waals surface area contributed by atoms with Crippen molar-refractivity contribution in [2.75, 3.05) is 19.0 Å². The quantitative estimate of drug-likeness (QED) is 0.636. The molecule has 1 aromatic rings. The maximum absolute atomic E-state index is 9.70. The van der Waals surface area contributed by atoms with E-state index in [1.807, 2.05) is 38.4 Å². The minimum atomic E-state index is -0.495. The molecule has 0 amide bonds. The Morgan fingerprint density at radius 2 is 1.83 bits per heavy atom. The summed E-state index contributed by atoms with van der Waals surface area (Å²) in [4.78, 5) is 2.05.